The quantitative estimate of drug-likeness (QED) is 0.686. The number of hydrogen-bond acceptors (Lipinski definition) is 4. The largest absolute Gasteiger partial charge is 0.385 e. The van der Waals surface area contributed by atoms with E-state index in [2.05, 4.69) is 5.32 Å². The van der Waals surface area contributed by atoms with Crippen molar-refractivity contribution in [3.63, 3.8) is 0 Å². The zero-order valence-corrected chi connectivity index (χ0v) is 13.5. The van der Waals surface area contributed by atoms with Gasteiger partial charge in [-0.05, 0) is 24.6 Å². The third-order valence-corrected chi connectivity index (χ3v) is 4.86. The van der Waals surface area contributed by atoms with Crippen molar-refractivity contribution in [1.82, 2.24) is 9.62 Å². The van der Waals surface area contributed by atoms with Gasteiger partial charge in [0.05, 0.1) is 4.90 Å². The Hall–Kier alpha value is -1.51. The van der Waals surface area contributed by atoms with Crippen molar-refractivity contribution >= 4 is 15.9 Å². The molecule has 0 aliphatic carbocycles. The molecule has 0 saturated heterocycles. The molecule has 124 valence electrons. The van der Waals surface area contributed by atoms with Gasteiger partial charge in [0.2, 0.25) is 10.0 Å². The van der Waals surface area contributed by atoms with Crippen molar-refractivity contribution in [3.8, 4) is 0 Å². The predicted octanol–water partition coefficient (Wildman–Crippen LogP) is 1.04. The molecule has 1 rings (SSSR count). The Bertz CT molecular complexity index is 592. The highest BCUT2D eigenvalue weighted by Gasteiger charge is 2.21. The number of nitrogens with zero attached hydrogens (tertiary/aromatic N) is 1. The van der Waals surface area contributed by atoms with Gasteiger partial charge in [0.25, 0.3) is 5.91 Å². The summed E-state index contributed by atoms with van der Waals surface area (Å²) >= 11 is 0. The van der Waals surface area contributed by atoms with Gasteiger partial charge in [-0.3, -0.25) is 4.79 Å². The minimum absolute atomic E-state index is 0.0281. The first-order valence-electron chi connectivity index (χ1n) is 6.83. The molecule has 0 bridgehead atoms. The normalized spacial score (nSPS) is 11.6. The second kappa shape index (κ2) is 8.82. The Morgan fingerprint density at radius 2 is 2.14 bits per heavy atom. The summed E-state index contributed by atoms with van der Waals surface area (Å²) in [4.78, 5) is 11.8. The number of methoxy groups -OCH3 is 1. The maximum Gasteiger partial charge on any atom is 0.251 e. The van der Waals surface area contributed by atoms with Crippen LogP contribution < -0.4 is 5.32 Å². The van der Waals surface area contributed by atoms with Crippen LogP contribution in [0.3, 0.4) is 0 Å². The summed E-state index contributed by atoms with van der Waals surface area (Å²) in [5.74, 6) is -0.503. The summed E-state index contributed by atoms with van der Waals surface area (Å²) in [5.41, 5.74) is 0.180. The van der Waals surface area contributed by atoms with E-state index in [0.717, 1.165) is 0 Å². The summed E-state index contributed by atoms with van der Waals surface area (Å²) in [5, 5.41) is 2.36. The molecule has 22 heavy (non-hydrogen) atoms. The Balaban J connectivity index is 2.89. The molecule has 0 heterocycles. The van der Waals surface area contributed by atoms with Crippen LogP contribution in [0.2, 0.25) is 0 Å². The second-order valence-electron chi connectivity index (χ2n) is 4.65. The number of alkyl halides is 1. The Morgan fingerprint density at radius 1 is 1.41 bits per heavy atom. The number of hydrogen-bond donors (Lipinski definition) is 1. The van der Waals surface area contributed by atoms with Gasteiger partial charge in [-0.2, -0.15) is 0 Å². The van der Waals surface area contributed by atoms with Crippen LogP contribution >= 0.6 is 0 Å². The number of rotatable bonds is 9. The lowest BCUT2D eigenvalue weighted by molar-refractivity contribution is 0.0950. The van der Waals surface area contributed by atoms with Crippen LogP contribution in [-0.4, -0.2) is 59.2 Å². The Morgan fingerprint density at radius 3 is 2.77 bits per heavy atom. The monoisotopic (exact) mass is 332 g/mol. The topological polar surface area (TPSA) is 75.7 Å². The minimum Gasteiger partial charge on any atom is -0.385 e. The zero-order chi connectivity index (χ0) is 16.6. The van der Waals surface area contributed by atoms with Gasteiger partial charge in [0.15, 0.2) is 0 Å². The molecule has 0 aliphatic rings. The van der Waals surface area contributed by atoms with Crippen LogP contribution in [0.4, 0.5) is 4.39 Å². The first-order chi connectivity index (χ1) is 10.4. The maximum atomic E-state index is 12.4. The van der Waals surface area contributed by atoms with Crippen LogP contribution in [0.15, 0.2) is 29.2 Å². The van der Waals surface area contributed by atoms with E-state index in [0.29, 0.717) is 19.6 Å². The lowest BCUT2D eigenvalue weighted by Crippen LogP contribution is -2.29. The van der Waals surface area contributed by atoms with Gasteiger partial charge >= 0.3 is 0 Å². The molecule has 6 nitrogen and oxygen atoms in total. The highest BCUT2D eigenvalue weighted by Crippen LogP contribution is 2.16. The standard InChI is InChI=1S/C14H21FN2O4S/c1-17(9-4-10-21-2)22(19,20)13-6-3-5-12(11-13)14(18)16-8-7-15/h3,5-6,11H,4,7-10H2,1-2H3,(H,16,18). The predicted molar refractivity (Wildman–Crippen MR) is 81.1 cm³/mol. The summed E-state index contributed by atoms with van der Waals surface area (Å²) in [6.45, 7) is -0.00131. The van der Waals surface area contributed by atoms with Crippen LogP contribution in [-0.2, 0) is 14.8 Å². The molecule has 0 fully saturated rings. The number of carbonyl (C=O) groups is 1. The van der Waals surface area contributed by atoms with Crippen molar-refractivity contribution in [2.24, 2.45) is 0 Å². The minimum atomic E-state index is -3.67. The van der Waals surface area contributed by atoms with Crippen molar-refractivity contribution < 1.29 is 22.3 Å². The highest BCUT2D eigenvalue weighted by molar-refractivity contribution is 7.89. The van der Waals surface area contributed by atoms with Crippen LogP contribution in [0, 0.1) is 0 Å². The molecule has 0 aromatic heterocycles. The van der Waals surface area contributed by atoms with E-state index >= 15 is 0 Å². The Kier molecular flexibility index (Phi) is 7.43. The molecule has 0 aliphatic heterocycles. The smallest absolute Gasteiger partial charge is 0.251 e. The van der Waals surface area contributed by atoms with E-state index in [-0.39, 0.29) is 17.0 Å². The molecule has 1 N–H and O–H groups in total. The number of carbonyl (C=O) groups excluding carboxylic acids is 1. The average molecular weight is 332 g/mol. The van der Waals surface area contributed by atoms with E-state index in [1.54, 1.807) is 7.11 Å². The van der Waals surface area contributed by atoms with Gasteiger partial charge in [0.1, 0.15) is 6.67 Å². The molecule has 1 aromatic carbocycles. The zero-order valence-electron chi connectivity index (χ0n) is 12.7. The SMILES string of the molecule is COCCCN(C)S(=O)(=O)c1cccc(C(=O)NCCF)c1. The number of halogens is 1. The molecule has 1 aromatic rings. The first-order valence-corrected chi connectivity index (χ1v) is 8.27. The number of benzene rings is 1. The molecule has 0 unspecified atom stereocenters. The molecular formula is C14H21FN2O4S. The first kappa shape index (κ1) is 18.5. The van der Waals surface area contributed by atoms with Gasteiger partial charge < -0.3 is 10.1 Å². The highest BCUT2D eigenvalue weighted by atomic mass is 32.2. The second-order valence-corrected chi connectivity index (χ2v) is 6.69. The fraction of sp³-hybridized carbons (Fsp3) is 0.500. The van der Waals surface area contributed by atoms with Gasteiger partial charge in [-0.15, -0.1) is 0 Å². The van der Waals surface area contributed by atoms with E-state index in [1.165, 1.54) is 35.6 Å². The van der Waals surface area contributed by atoms with E-state index in [1.807, 2.05) is 0 Å². The fourth-order valence-corrected chi connectivity index (χ4v) is 3.05. The summed E-state index contributed by atoms with van der Waals surface area (Å²) in [6.07, 6.45) is 0.572. The Labute approximate surface area is 130 Å². The van der Waals surface area contributed by atoms with Gasteiger partial charge in [0, 0.05) is 39.4 Å². The van der Waals surface area contributed by atoms with Crippen molar-refractivity contribution in [1.29, 1.82) is 0 Å². The molecule has 0 atom stereocenters. The molecule has 0 spiro atoms. The van der Waals surface area contributed by atoms with Crippen molar-refractivity contribution in [2.75, 3.05) is 40.5 Å². The van der Waals surface area contributed by atoms with Crippen LogP contribution in [0.5, 0.6) is 0 Å². The van der Waals surface area contributed by atoms with Crippen molar-refractivity contribution in [3.05, 3.63) is 29.8 Å². The van der Waals surface area contributed by atoms with E-state index < -0.39 is 22.6 Å². The third-order valence-electron chi connectivity index (χ3n) is 3.01. The fourth-order valence-electron chi connectivity index (χ4n) is 1.79. The number of ether oxygens (including phenoxy) is 1. The van der Waals surface area contributed by atoms with E-state index in [9.17, 15) is 17.6 Å². The molecule has 8 heteroatoms. The van der Waals surface area contributed by atoms with E-state index in [4.69, 9.17) is 4.74 Å². The summed E-state index contributed by atoms with van der Waals surface area (Å²) < 4.78 is 43.0. The third kappa shape index (κ3) is 5.04. The number of nitrogens with one attached hydrogen (secondary N) is 1. The summed E-state index contributed by atoms with van der Waals surface area (Å²) in [7, 11) is -0.650. The lowest BCUT2D eigenvalue weighted by Gasteiger charge is -2.17. The molecule has 1 amide bonds. The number of sulfonamides is 1. The average Bonchev–Trinajstić information content (AvgIpc) is 2.52. The molecule has 0 radical (unpaired) electrons. The van der Waals surface area contributed by atoms with Gasteiger partial charge in [-0.1, -0.05) is 6.07 Å². The van der Waals surface area contributed by atoms with Crippen LogP contribution in [0.25, 0.3) is 0 Å². The van der Waals surface area contributed by atoms with Gasteiger partial charge in [-0.25, -0.2) is 17.1 Å². The lowest BCUT2D eigenvalue weighted by atomic mass is 10.2. The van der Waals surface area contributed by atoms with Crippen molar-refractivity contribution in [2.45, 2.75) is 11.3 Å². The summed E-state index contributed by atoms with van der Waals surface area (Å²) in [6, 6.07) is 5.68. The number of amides is 1. The molecular weight excluding hydrogens is 311 g/mol. The maximum absolute atomic E-state index is 12.4. The molecule has 0 saturated carbocycles. The van der Waals surface area contributed by atoms with Crippen LogP contribution in [0.1, 0.15) is 16.8 Å².